The Balaban J connectivity index is 2.16. The lowest BCUT2D eigenvalue weighted by molar-refractivity contribution is 1.29. The van der Waals surface area contributed by atoms with Gasteiger partial charge in [-0.25, -0.2) is 4.98 Å². The number of hydrogen-bond acceptors (Lipinski definition) is 4. The number of anilines is 1. The van der Waals surface area contributed by atoms with E-state index in [0.717, 1.165) is 26.6 Å². The minimum atomic E-state index is 0.734. The summed E-state index contributed by atoms with van der Waals surface area (Å²) in [4.78, 5) is 5.54. The van der Waals surface area contributed by atoms with Crippen molar-refractivity contribution in [3.8, 4) is 10.6 Å². The predicted octanol–water partition coefficient (Wildman–Crippen LogP) is 4.12. The lowest BCUT2D eigenvalue weighted by atomic mass is 10.4. The van der Waals surface area contributed by atoms with E-state index in [0.29, 0.717) is 0 Å². The Labute approximate surface area is 101 Å². The van der Waals surface area contributed by atoms with Crippen LogP contribution in [0.5, 0.6) is 0 Å². The van der Waals surface area contributed by atoms with Crippen molar-refractivity contribution in [3.63, 3.8) is 0 Å². The maximum Gasteiger partial charge on any atom is 0.183 e. The first-order chi connectivity index (χ1) is 7.29. The number of nitrogens with one attached hydrogen (secondary N) is 1. The van der Waals surface area contributed by atoms with Crippen molar-refractivity contribution in [1.82, 2.24) is 4.98 Å². The van der Waals surface area contributed by atoms with Gasteiger partial charge in [0, 0.05) is 11.9 Å². The van der Waals surface area contributed by atoms with Crippen LogP contribution in [0.15, 0.2) is 30.2 Å². The first-order valence-electron chi connectivity index (χ1n) is 4.35. The molecule has 0 aliphatic rings. The molecule has 1 N–H and O–H groups in total. The highest BCUT2D eigenvalue weighted by Crippen LogP contribution is 2.32. The summed E-state index contributed by atoms with van der Waals surface area (Å²) in [7, 11) is 0. The molecule has 0 aromatic carbocycles. The number of hydrogen-bond donors (Lipinski definition) is 1. The van der Waals surface area contributed by atoms with Crippen LogP contribution in [0.25, 0.3) is 10.6 Å². The van der Waals surface area contributed by atoms with Crippen LogP contribution >= 0.6 is 34.3 Å². The molecule has 0 amide bonds. The molecule has 0 spiro atoms. The third-order valence-electron chi connectivity index (χ3n) is 1.73. The van der Waals surface area contributed by atoms with Gasteiger partial charge in [0.05, 0.1) is 14.9 Å². The largest absolute Gasteiger partial charge is 0.358 e. The summed E-state index contributed by atoms with van der Waals surface area (Å²) >= 11 is 8.99. The maximum atomic E-state index is 5.87. The Hall–Kier alpha value is -0.840. The molecule has 0 aliphatic heterocycles. The molecular formula is C10H9ClN2S2. The summed E-state index contributed by atoms with van der Waals surface area (Å²) in [6.07, 6.45) is 1.81. The molecule has 0 saturated carbocycles. The highest BCUT2D eigenvalue weighted by Gasteiger charge is 2.05. The van der Waals surface area contributed by atoms with Crippen molar-refractivity contribution in [2.45, 2.75) is 0 Å². The normalized spacial score (nSPS) is 10.2. The van der Waals surface area contributed by atoms with Gasteiger partial charge in [0.2, 0.25) is 0 Å². The fraction of sp³-hybridized carbons (Fsp3) is 0.100. The molecule has 0 radical (unpaired) electrons. The van der Waals surface area contributed by atoms with Gasteiger partial charge in [-0.1, -0.05) is 17.7 Å². The van der Waals surface area contributed by atoms with Gasteiger partial charge in [-0.2, -0.15) is 0 Å². The van der Waals surface area contributed by atoms with Gasteiger partial charge >= 0.3 is 0 Å². The Bertz CT molecular complexity index is 461. The van der Waals surface area contributed by atoms with Crippen LogP contribution in [0, 0.1) is 0 Å². The Morgan fingerprint density at radius 1 is 1.53 bits per heavy atom. The maximum absolute atomic E-state index is 5.87. The zero-order valence-electron chi connectivity index (χ0n) is 7.87. The van der Waals surface area contributed by atoms with Crippen molar-refractivity contribution >= 4 is 39.4 Å². The van der Waals surface area contributed by atoms with Crippen LogP contribution in [-0.2, 0) is 0 Å². The van der Waals surface area contributed by atoms with Gasteiger partial charge in [0.25, 0.3) is 0 Å². The Morgan fingerprint density at radius 2 is 2.40 bits per heavy atom. The molecule has 78 valence electrons. The molecular weight excluding hydrogens is 248 g/mol. The van der Waals surface area contributed by atoms with E-state index in [1.165, 1.54) is 11.3 Å². The van der Waals surface area contributed by atoms with E-state index in [2.05, 4.69) is 16.9 Å². The van der Waals surface area contributed by atoms with Crippen molar-refractivity contribution < 1.29 is 0 Å². The zero-order chi connectivity index (χ0) is 10.7. The fourth-order valence-electron chi connectivity index (χ4n) is 1.08. The van der Waals surface area contributed by atoms with Gasteiger partial charge < -0.3 is 5.32 Å². The van der Waals surface area contributed by atoms with Gasteiger partial charge in [-0.05, 0) is 12.1 Å². The first kappa shape index (κ1) is 10.7. The van der Waals surface area contributed by atoms with Crippen molar-refractivity contribution in [3.05, 3.63) is 34.5 Å². The topological polar surface area (TPSA) is 24.9 Å². The fourth-order valence-corrected chi connectivity index (χ4v) is 2.88. The molecule has 5 heteroatoms. The van der Waals surface area contributed by atoms with Crippen LogP contribution in [0.4, 0.5) is 5.13 Å². The van der Waals surface area contributed by atoms with Crippen LogP contribution < -0.4 is 5.32 Å². The third-order valence-corrected chi connectivity index (χ3v) is 3.78. The number of halogens is 1. The zero-order valence-corrected chi connectivity index (χ0v) is 10.3. The minimum absolute atomic E-state index is 0.734. The Kier molecular flexibility index (Phi) is 3.41. The van der Waals surface area contributed by atoms with Crippen LogP contribution in [-0.4, -0.2) is 11.5 Å². The second kappa shape index (κ2) is 4.79. The minimum Gasteiger partial charge on any atom is -0.358 e. The summed E-state index contributed by atoms with van der Waals surface area (Å²) in [5.74, 6) is 0. The lowest BCUT2D eigenvalue weighted by Gasteiger charge is -1.94. The number of thiophene rings is 1. The number of rotatable bonds is 4. The summed E-state index contributed by atoms with van der Waals surface area (Å²) < 4.78 is 0.790. The van der Waals surface area contributed by atoms with Crippen molar-refractivity contribution in [2.75, 3.05) is 11.9 Å². The van der Waals surface area contributed by atoms with Crippen LogP contribution in [0.3, 0.4) is 0 Å². The van der Waals surface area contributed by atoms with Crippen LogP contribution in [0.1, 0.15) is 0 Å². The number of nitrogens with zero attached hydrogens (tertiary/aromatic N) is 1. The third kappa shape index (κ3) is 2.59. The molecule has 0 unspecified atom stereocenters. The Morgan fingerprint density at radius 3 is 3.07 bits per heavy atom. The molecule has 2 nitrogen and oxygen atoms in total. The monoisotopic (exact) mass is 256 g/mol. The molecule has 2 aromatic rings. The van der Waals surface area contributed by atoms with E-state index in [1.54, 1.807) is 11.3 Å². The molecule has 0 saturated heterocycles. The first-order valence-corrected chi connectivity index (χ1v) is 6.43. The molecule has 0 bridgehead atoms. The van der Waals surface area contributed by atoms with Gasteiger partial charge in [-0.15, -0.1) is 29.3 Å². The molecule has 0 fully saturated rings. The molecule has 2 rings (SSSR count). The average Bonchev–Trinajstić information content (AvgIpc) is 2.83. The standard InChI is InChI=1S/C10H9ClN2S2/c1-2-5-12-10-13-7(6-14-10)8-3-4-9(11)15-8/h2-4,6H,1,5H2,(H,12,13). The van der Waals surface area contributed by atoms with Gasteiger partial charge in [0.1, 0.15) is 0 Å². The predicted molar refractivity (Wildman–Crippen MR) is 69.1 cm³/mol. The highest BCUT2D eigenvalue weighted by molar-refractivity contribution is 7.20. The quantitative estimate of drug-likeness (QED) is 0.833. The van der Waals surface area contributed by atoms with E-state index >= 15 is 0 Å². The molecule has 15 heavy (non-hydrogen) atoms. The van der Waals surface area contributed by atoms with Crippen molar-refractivity contribution in [1.29, 1.82) is 0 Å². The smallest absolute Gasteiger partial charge is 0.183 e. The van der Waals surface area contributed by atoms with Gasteiger partial charge in [-0.3, -0.25) is 0 Å². The number of thiazole rings is 1. The van der Waals surface area contributed by atoms with Crippen molar-refractivity contribution in [2.24, 2.45) is 0 Å². The van der Waals surface area contributed by atoms with E-state index in [1.807, 2.05) is 23.6 Å². The van der Waals surface area contributed by atoms with E-state index < -0.39 is 0 Å². The van der Waals surface area contributed by atoms with E-state index in [4.69, 9.17) is 11.6 Å². The number of aromatic nitrogens is 1. The van der Waals surface area contributed by atoms with E-state index in [9.17, 15) is 0 Å². The molecule has 0 aliphatic carbocycles. The summed E-state index contributed by atoms with van der Waals surface area (Å²) in [6, 6.07) is 3.87. The van der Waals surface area contributed by atoms with Crippen LogP contribution in [0.2, 0.25) is 4.34 Å². The molecule has 2 aromatic heterocycles. The highest BCUT2D eigenvalue weighted by atomic mass is 35.5. The summed E-state index contributed by atoms with van der Waals surface area (Å²) in [5, 5.41) is 6.09. The molecule has 0 atom stereocenters. The summed E-state index contributed by atoms with van der Waals surface area (Å²) in [6.45, 7) is 4.38. The summed E-state index contributed by atoms with van der Waals surface area (Å²) in [5.41, 5.74) is 0.975. The second-order valence-corrected chi connectivity index (χ2v) is 5.38. The van der Waals surface area contributed by atoms with Gasteiger partial charge in [0.15, 0.2) is 5.13 Å². The van der Waals surface area contributed by atoms with E-state index in [-0.39, 0.29) is 0 Å². The molecule has 2 heterocycles. The lowest BCUT2D eigenvalue weighted by Crippen LogP contribution is -1.96. The second-order valence-electron chi connectivity index (χ2n) is 2.81. The average molecular weight is 257 g/mol. The SMILES string of the molecule is C=CCNc1nc(-c2ccc(Cl)s2)cs1.